The van der Waals surface area contributed by atoms with Crippen molar-refractivity contribution >= 4 is 28.4 Å². The van der Waals surface area contributed by atoms with E-state index in [0.717, 1.165) is 18.9 Å². The molecule has 1 aliphatic heterocycles. The Bertz CT molecular complexity index is 1480. The molecule has 2 aliphatic rings. The average Bonchev–Trinajstić information content (AvgIpc) is 3.58. The number of anilines is 1. The number of hydrogen-bond acceptors (Lipinski definition) is 5. The van der Waals surface area contributed by atoms with Gasteiger partial charge in [0.1, 0.15) is 5.82 Å². The summed E-state index contributed by atoms with van der Waals surface area (Å²) in [6.45, 7) is 4.11. The average molecular weight is 509 g/mol. The highest BCUT2D eigenvalue weighted by molar-refractivity contribution is 5.97. The Morgan fingerprint density at radius 3 is 2.51 bits per heavy atom. The summed E-state index contributed by atoms with van der Waals surface area (Å²) >= 11 is 0. The van der Waals surface area contributed by atoms with Gasteiger partial charge in [-0.05, 0) is 50.8 Å². The van der Waals surface area contributed by atoms with E-state index in [9.17, 15) is 19.2 Å². The fourth-order valence-electron chi connectivity index (χ4n) is 4.73. The van der Waals surface area contributed by atoms with E-state index in [4.69, 9.17) is 4.74 Å². The first-order valence-electron chi connectivity index (χ1n) is 12.5. The molecule has 5 rings (SSSR count). The van der Waals surface area contributed by atoms with Crippen molar-refractivity contribution in [2.24, 2.45) is 11.8 Å². The number of rotatable bonds is 7. The van der Waals surface area contributed by atoms with Crippen LogP contribution in [0.4, 0.5) is 10.1 Å². The van der Waals surface area contributed by atoms with Gasteiger partial charge in [-0.3, -0.25) is 23.5 Å². The molecule has 2 aromatic carbocycles. The molecule has 2 N–H and O–H groups in total. The van der Waals surface area contributed by atoms with E-state index in [2.05, 4.69) is 10.6 Å². The molecule has 2 atom stereocenters. The van der Waals surface area contributed by atoms with Crippen LogP contribution in [0, 0.1) is 17.7 Å². The Morgan fingerprint density at radius 1 is 1.11 bits per heavy atom. The molecule has 2 amide bonds. The molecule has 2 fully saturated rings. The van der Waals surface area contributed by atoms with Gasteiger partial charge in [-0.1, -0.05) is 18.2 Å². The number of halogens is 1. The maximum Gasteiger partial charge on any atom is 0.331 e. The monoisotopic (exact) mass is 508 g/mol. The fourth-order valence-corrected chi connectivity index (χ4v) is 4.73. The second-order valence-corrected chi connectivity index (χ2v) is 10.0. The maximum absolute atomic E-state index is 15.2. The molecule has 0 spiro atoms. The Hall–Kier alpha value is -3.79. The third kappa shape index (κ3) is 4.93. The lowest BCUT2D eigenvalue weighted by Crippen LogP contribution is -2.44. The predicted octanol–water partition coefficient (Wildman–Crippen LogP) is 2.68. The van der Waals surface area contributed by atoms with Gasteiger partial charge in [0, 0.05) is 24.2 Å². The summed E-state index contributed by atoms with van der Waals surface area (Å²) in [5, 5.41) is 5.54. The summed E-state index contributed by atoms with van der Waals surface area (Å²) in [6.07, 6.45) is 1.92. The second-order valence-electron chi connectivity index (χ2n) is 10.0. The van der Waals surface area contributed by atoms with Gasteiger partial charge in [0.2, 0.25) is 5.91 Å². The predicted molar refractivity (Wildman–Crippen MR) is 136 cm³/mol. The summed E-state index contributed by atoms with van der Waals surface area (Å²) in [5.41, 5.74) is -0.494. The lowest BCUT2D eigenvalue weighted by atomic mass is 10.0. The summed E-state index contributed by atoms with van der Waals surface area (Å²) in [7, 11) is 0. The molecule has 1 aliphatic carbocycles. The third-order valence-corrected chi connectivity index (χ3v) is 6.94. The van der Waals surface area contributed by atoms with E-state index in [-0.39, 0.29) is 47.7 Å². The first kappa shape index (κ1) is 24.9. The quantitative estimate of drug-likeness (QED) is 0.510. The van der Waals surface area contributed by atoms with Crippen LogP contribution in [0.2, 0.25) is 0 Å². The van der Waals surface area contributed by atoms with Gasteiger partial charge in [-0.2, -0.15) is 0 Å². The molecule has 0 radical (unpaired) electrons. The Balaban J connectivity index is 1.43. The van der Waals surface area contributed by atoms with E-state index in [1.165, 1.54) is 15.2 Å². The van der Waals surface area contributed by atoms with Gasteiger partial charge >= 0.3 is 5.69 Å². The molecule has 0 unspecified atom stereocenters. The van der Waals surface area contributed by atoms with Crippen molar-refractivity contribution in [2.75, 3.05) is 18.5 Å². The van der Waals surface area contributed by atoms with Crippen LogP contribution in [0.25, 0.3) is 10.9 Å². The van der Waals surface area contributed by atoms with Crippen molar-refractivity contribution in [1.29, 1.82) is 0 Å². The van der Waals surface area contributed by atoms with Crippen molar-refractivity contribution in [3.05, 3.63) is 74.7 Å². The molecule has 0 bridgehead atoms. The first-order valence-corrected chi connectivity index (χ1v) is 12.5. The minimum Gasteiger partial charge on any atom is -0.378 e. The molecule has 3 aromatic rings. The highest BCUT2D eigenvalue weighted by atomic mass is 19.1. The van der Waals surface area contributed by atoms with E-state index in [1.807, 2.05) is 0 Å². The second kappa shape index (κ2) is 9.93. The molecular formula is C27H29FN4O5. The van der Waals surface area contributed by atoms with Crippen molar-refractivity contribution in [3.8, 4) is 0 Å². The molecule has 10 heteroatoms. The molecule has 9 nitrogen and oxygen atoms in total. The van der Waals surface area contributed by atoms with Crippen LogP contribution in [0.5, 0.6) is 0 Å². The van der Waals surface area contributed by atoms with Gasteiger partial charge in [0.15, 0.2) is 0 Å². The summed E-state index contributed by atoms with van der Waals surface area (Å²) < 4.78 is 23.2. The topological polar surface area (TPSA) is 111 Å². The number of nitrogens with one attached hydrogen (secondary N) is 2. The zero-order valence-electron chi connectivity index (χ0n) is 20.7. The number of fused-ring (bicyclic) bond motifs is 1. The third-order valence-electron chi connectivity index (χ3n) is 6.94. The summed E-state index contributed by atoms with van der Waals surface area (Å²) in [6, 6.07) is 10.1. The lowest BCUT2D eigenvalue weighted by molar-refractivity contribution is -0.120. The number of nitrogens with zero attached hydrogens (tertiary/aromatic N) is 2. The summed E-state index contributed by atoms with van der Waals surface area (Å²) in [5.74, 6) is -2.11. The van der Waals surface area contributed by atoms with Gasteiger partial charge in [-0.25, -0.2) is 9.18 Å². The van der Waals surface area contributed by atoms with E-state index < -0.39 is 34.9 Å². The number of hydrogen-bond donors (Lipinski definition) is 2. The molecule has 2 heterocycles. The minimum atomic E-state index is -0.766. The number of carbonyl (C=O) groups excluding carboxylic acids is 2. The van der Waals surface area contributed by atoms with Crippen LogP contribution in [0.3, 0.4) is 0 Å². The first-order chi connectivity index (χ1) is 17.7. The zero-order valence-corrected chi connectivity index (χ0v) is 20.7. The van der Waals surface area contributed by atoms with Crippen molar-refractivity contribution in [2.45, 2.75) is 45.3 Å². The van der Waals surface area contributed by atoms with Crippen molar-refractivity contribution in [1.82, 2.24) is 14.5 Å². The number of carbonyl (C=O) groups is 2. The van der Waals surface area contributed by atoms with Crippen LogP contribution in [0.1, 0.15) is 43.1 Å². The van der Waals surface area contributed by atoms with E-state index in [0.29, 0.717) is 12.1 Å². The SMILES string of the molecule is CC(C)n1c(=O)n(CC2CC2)c(=O)c2cc(NC(=O)[C@H]3COC[C@H]3NC(=O)c3ccccc3)c(F)cc21. The standard InChI is InChI=1S/C27H29FN4O5/c1-15(2)32-23-11-20(28)21(10-18(23)26(35)31(27(32)36)12-16-8-9-16)29-25(34)19-13-37-14-22(19)30-24(33)17-6-4-3-5-7-17/h3-7,10-11,15-16,19,22H,8-9,12-14H2,1-2H3,(H,29,34)(H,30,33)/t19-,22+/m0/s1. The Morgan fingerprint density at radius 2 is 1.84 bits per heavy atom. The zero-order chi connectivity index (χ0) is 26.3. The molecule has 37 heavy (non-hydrogen) atoms. The van der Waals surface area contributed by atoms with Gasteiger partial charge in [0.25, 0.3) is 11.5 Å². The number of ether oxygens (including phenoxy) is 1. The van der Waals surface area contributed by atoms with E-state index >= 15 is 4.39 Å². The molecule has 1 saturated carbocycles. The number of aromatic nitrogens is 2. The fraction of sp³-hybridized carbons (Fsp3) is 0.407. The van der Waals surface area contributed by atoms with Crippen LogP contribution >= 0.6 is 0 Å². The summed E-state index contributed by atoms with van der Waals surface area (Å²) in [4.78, 5) is 52.0. The highest BCUT2D eigenvalue weighted by Gasteiger charge is 2.36. The van der Waals surface area contributed by atoms with Crippen LogP contribution < -0.4 is 21.9 Å². The van der Waals surface area contributed by atoms with Gasteiger partial charge in [0.05, 0.1) is 41.8 Å². The van der Waals surface area contributed by atoms with Gasteiger partial charge in [-0.15, -0.1) is 0 Å². The number of amides is 2. The van der Waals surface area contributed by atoms with E-state index in [1.54, 1.807) is 44.2 Å². The minimum absolute atomic E-state index is 0.0574. The maximum atomic E-state index is 15.2. The molecule has 1 saturated heterocycles. The van der Waals surface area contributed by atoms with Crippen LogP contribution in [0.15, 0.2) is 52.1 Å². The molecule has 1 aromatic heterocycles. The van der Waals surface area contributed by atoms with Crippen molar-refractivity contribution in [3.63, 3.8) is 0 Å². The smallest absolute Gasteiger partial charge is 0.331 e. The van der Waals surface area contributed by atoms with Gasteiger partial charge < -0.3 is 15.4 Å². The number of benzene rings is 2. The molecular weight excluding hydrogens is 479 g/mol. The highest BCUT2D eigenvalue weighted by Crippen LogP contribution is 2.30. The van der Waals surface area contributed by atoms with Crippen LogP contribution in [-0.4, -0.2) is 40.2 Å². The normalized spacial score (nSPS) is 19.4. The Kier molecular flexibility index (Phi) is 6.68. The molecule has 194 valence electrons. The largest absolute Gasteiger partial charge is 0.378 e. The Labute approximate surface area is 212 Å². The lowest BCUT2D eigenvalue weighted by Gasteiger charge is -2.20. The van der Waals surface area contributed by atoms with Crippen LogP contribution in [-0.2, 0) is 16.1 Å². The van der Waals surface area contributed by atoms with Crippen molar-refractivity contribution < 1.29 is 18.7 Å².